The van der Waals surface area contributed by atoms with E-state index in [9.17, 15) is 13.6 Å². The van der Waals surface area contributed by atoms with Crippen LogP contribution in [0.3, 0.4) is 0 Å². The van der Waals surface area contributed by atoms with Gasteiger partial charge in [-0.05, 0) is 42.0 Å². The highest BCUT2D eigenvalue weighted by Gasteiger charge is 2.31. The van der Waals surface area contributed by atoms with Crippen LogP contribution in [0, 0.1) is 11.6 Å². The van der Waals surface area contributed by atoms with Crippen LogP contribution in [0.2, 0.25) is 0 Å². The van der Waals surface area contributed by atoms with Crippen LogP contribution in [0.25, 0.3) is 0 Å². The zero-order chi connectivity index (χ0) is 20.9. The maximum Gasteiger partial charge on any atom is 0.246 e. The predicted octanol–water partition coefficient (Wildman–Crippen LogP) is 4.47. The summed E-state index contributed by atoms with van der Waals surface area (Å²) in [5.41, 5.74) is 2.02. The Kier molecular flexibility index (Phi) is 6.05. The quantitative estimate of drug-likeness (QED) is 0.678. The molecule has 1 saturated heterocycles. The zero-order valence-corrected chi connectivity index (χ0v) is 16.5. The number of benzene rings is 3. The Bertz CT molecular complexity index is 987. The van der Waals surface area contributed by atoms with Crippen LogP contribution in [0.15, 0.2) is 78.9 Å². The van der Waals surface area contributed by atoms with Crippen molar-refractivity contribution in [3.63, 3.8) is 0 Å². The SMILES string of the molecule is O=C(Nc1ccc(F)cc1)[C@@H](c1ccccc1)N1CCN(c2ccccc2F)CC1. The molecule has 30 heavy (non-hydrogen) atoms. The van der Waals surface area contributed by atoms with Gasteiger partial charge in [-0.15, -0.1) is 0 Å². The van der Waals surface area contributed by atoms with Gasteiger partial charge in [0.2, 0.25) is 5.91 Å². The van der Waals surface area contributed by atoms with Gasteiger partial charge in [0.25, 0.3) is 0 Å². The first-order chi connectivity index (χ1) is 14.6. The molecule has 1 fully saturated rings. The van der Waals surface area contributed by atoms with Crippen LogP contribution in [0.4, 0.5) is 20.2 Å². The topological polar surface area (TPSA) is 35.6 Å². The second-order valence-corrected chi connectivity index (χ2v) is 7.28. The average Bonchev–Trinajstić information content (AvgIpc) is 2.77. The normalized spacial score (nSPS) is 15.6. The van der Waals surface area contributed by atoms with Crippen molar-refractivity contribution in [2.45, 2.75) is 6.04 Å². The number of anilines is 2. The summed E-state index contributed by atoms with van der Waals surface area (Å²) in [5.74, 6) is -0.761. The van der Waals surface area contributed by atoms with E-state index in [-0.39, 0.29) is 17.5 Å². The van der Waals surface area contributed by atoms with Gasteiger partial charge in [0.15, 0.2) is 0 Å². The van der Waals surface area contributed by atoms with Gasteiger partial charge < -0.3 is 10.2 Å². The monoisotopic (exact) mass is 407 g/mol. The van der Waals surface area contributed by atoms with Crippen molar-refractivity contribution >= 4 is 17.3 Å². The number of piperazine rings is 1. The van der Waals surface area contributed by atoms with Gasteiger partial charge >= 0.3 is 0 Å². The number of rotatable bonds is 5. The molecule has 0 bridgehead atoms. The molecular weight excluding hydrogens is 384 g/mol. The molecule has 6 heteroatoms. The van der Waals surface area contributed by atoms with Crippen LogP contribution in [-0.2, 0) is 4.79 Å². The molecule has 3 aromatic rings. The smallest absolute Gasteiger partial charge is 0.246 e. The Balaban J connectivity index is 1.51. The lowest BCUT2D eigenvalue weighted by molar-refractivity contribution is -0.121. The Labute approximate surface area is 174 Å². The minimum Gasteiger partial charge on any atom is -0.367 e. The maximum atomic E-state index is 14.1. The van der Waals surface area contributed by atoms with Crippen molar-refractivity contribution < 1.29 is 13.6 Å². The molecule has 1 atom stereocenters. The lowest BCUT2D eigenvalue weighted by Gasteiger charge is -2.39. The summed E-state index contributed by atoms with van der Waals surface area (Å²) in [6.45, 7) is 2.47. The van der Waals surface area contributed by atoms with Crippen molar-refractivity contribution in [3.8, 4) is 0 Å². The Morgan fingerprint density at radius 1 is 0.800 bits per heavy atom. The molecule has 4 rings (SSSR count). The van der Waals surface area contributed by atoms with Crippen molar-refractivity contribution in [1.29, 1.82) is 0 Å². The molecule has 4 nitrogen and oxygen atoms in total. The molecule has 0 aromatic heterocycles. The first-order valence-electron chi connectivity index (χ1n) is 9.97. The number of para-hydroxylation sites is 1. The average molecular weight is 407 g/mol. The van der Waals surface area contributed by atoms with Crippen molar-refractivity contribution in [1.82, 2.24) is 4.90 Å². The minimum absolute atomic E-state index is 0.174. The standard InChI is InChI=1S/C24H23F2N3O/c25-19-10-12-20(13-11-19)27-24(30)23(18-6-2-1-3-7-18)29-16-14-28(15-17-29)22-9-5-4-8-21(22)26/h1-13,23H,14-17H2,(H,27,30)/t23-/m1/s1. The number of nitrogens with zero attached hydrogens (tertiary/aromatic N) is 2. The van der Waals surface area contributed by atoms with E-state index in [1.54, 1.807) is 24.3 Å². The van der Waals surface area contributed by atoms with Crippen LogP contribution < -0.4 is 10.2 Å². The van der Waals surface area contributed by atoms with E-state index in [0.717, 1.165) is 5.56 Å². The molecule has 0 aliphatic carbocycles. The van der Waals surface area contributed by atoms with E-state index in [1.165, 1.54) is 18.2 Å². The van der Waals surface area contributed by atoms with Gasteiger partial charge in [0.1, 0.15) is 17.7 Å². The van der Waals surface area contributed by atoms with Gasteiger partial charge in [-0.1, -0.05) is 42.5 Å². The number of hydrogen-bond acceptors (Lipinski definition) is 3. The van der Waals surface area contributed by atoms with E-state index in [1.807, 2.05) is 41.3 Å². The first-order valence-corrected chi connectivity index (χ1v) is 9.97. The highest BCUT2D eigenvalue weighted by Crippen LogP contribution is 2.27. The first kappa shape index (κ1) is 20.0. The molecule has 154 valence electrons. The summed E-state index contributed by atoms with van der Waals surface area (Å²) >= 11 is 0. The third kappa shape index (κ3) is 4.49. The third-order valence-electron chi connectivity index (χ3n) is 5.35. The molecule has 3 aromatic carbocycles. The molecule has 0 spiro atoms. The van der Waals surface area contributed by atoms with Gasteiger partial charge in [-0.2, -0.15) is 0 Å². The summed E-state index contributed by atoms with van der Waals surface area (Å²) in [5, 5.41) is 2.90. The number of carbonyl (C=O) groups excluding carboxylic acids is 1. The molecule has 1 heterocycles. The summed E-state index contributed by atoms with van der Waals surface area (Å²) in [6, 6.07) is 21.6. The van der Waals surface area contributed by atoms with Crippen LogP contribution in [0.1, 0.15) is 11.6 Å². The lowest BCUT2D eigenvalue weighted by Crippen LogP contribution is -2.50. The largest absolute Gasteiger partial charge is 0.367 e. The fraction of sp³-hybridized carbons (Fsp3) is 0.208. The van der Waals surface area contributed by atoms with Gasteiger partial charge in [-0.3, -0.25) is 9.69 Å². The predicted molar refractivity (Wildman–Crippen MR) is 114 cm³/mol. The second-order valence-electron chi connectivity index (χ2n) is 7.28. The third-order valence-corrected chi connectivity index (χ3v) is 5.35. The van der Waals surface area contributed by atoms with Crippen molar-refractivity contribution in [2.24, 2.45) is 0 Å². The number of hydrogen-bond donors (Lipinski definition) is 1. The van der Waals surface area contributed by atoms with Crippen molar-refractivity contribution in [3.05, 3.63) is 96.1 Å². The van der Waals surface area contributed by atoms with Gasteiger partial charge in [0, 0.05) is 31.9 Å². The van der Waals surface area contributed by atoms with Crippen LogP contribution in [0.5, 0.6) is 0 Å². The number of nitrogens with one attached hydrogen (secondary N) is 1. The molecule has 1 aliphatic rings. The number of carbonyl (C=O) groups is 1. The van der Waals surface area contributed by atoms with E-state index in [2.05, 4.69) is 10.2 Å². The summed E-state index contributed by atoms with van der Waals surface area (Å²) in [7, 11) is 0. The fourth-order valence-corrected chi connectivity index (χ4v) is 3.84. The van der Waals surface area contributed by atoms with E-state index in [4.69, 9.17) is 0 Å². The highest BCUT2D eigenvalue weighted by atomic mass is 19.1. The molecule has 1 aliphatic heterocycles. The highest BCUT2D eigenvalue weighted by molar-refractivity contribution is 5.95. The van der Waals surface area contributed by atoms with Crippen LogP contribution >= 0.6 is 0 Å². The number of halogens is 2. The summed E-state index contributed by atoms with van der Waals surface area (Å²) in [4.78, 5) is 17.3. The van der Waals surface area contributed by atoms with Gasteiger partial charge in [-0.25, -0.2) is 8.78 Å². The van der Waals surface area contributed by atoms with E-state index in [0.29, 0.717) is 37.6 Å². The molecule has 1 N–H and O–H groups in total. The van der Waals surface area contributed by atoms with Crippen molar-refractivity contribution in [2.75, 3.05) is 36.4 Å². The minimum atomic E-state index is -0.487. The zero-order valence-electron chi connectivity index (χ0n) is 16.5. The molecular formula is C24H23F2N3O. The Morgan fingerprint density at radius 3 is 2.10 bits per heavy atom. The summed E-state index contributed by atoms with van der Waals surface area (Å²) < 4.78 is 27.3. The van der Waals surface area contributed by atoms with E-state index >= 15 is 0 Å². The molecule has 1 amide bonds. The van der Waals surface area contributed by atoms with E-state index < -0.39 is 6.04 Å². The Hall–Kier alpha value is -3.25. The molecule has 0 unspecified atom stereocenters. The van der Waals surface area contributed by atoms with Gasteiger partial charge in [0.05, 0.1) is 5.69 Å². The summed E-state index contributed by atoms with van der Waals surface area (Å²) in [6.07, 6.45) is 0. The molecule has 0 saturated carbocycles. The van der Waals surface area contributed by atoms with Crippen LogP contribution in [-0.4, -0.2) is 37.0 Å². The number of amides is 1. The second kappa shape index (κ2) is 9.05. The fourth-order valence-electron chi connectivity index (χ4n) is 3.84. The lowest BCUT2D eigenvalue weighted by atomic mass is 10.0. The molecule has 0 radical (unpaired) electrons. The maximum absolute atomic E-state index is 14.1. The Morgan fingerprint density at radius 2 is 1.43 bits per heavy atom.